The van der Waals surface area contributed by atoms with Gasteiger partial charge in [-0.1, -0.05) is 6.42 Å². The van der Waals surface area contributed by atoms with Crippen LogP contribution in [0.1, 0.15) is 49.2 Å². The van der Waals surface area contributed by atoms with Gasteiger partial charge in [0.25, 0.3) is 0 Å². The summed E-state index contributed by atoms with van der Waals surface area (Å²) < 4.78 is 5.98. The summed E-state index contributed by atoms with van der Waals surface area (Å²) in [4.78, 5) is 2.43. The van der Waals surface area contributed by atoms with E-state index in [4.69, 9.17) is 4.42 Å². The number of hydrogen-bond donors (Lipinski definition) is 1. The van der Waals surface area contributed by atoms with Gasteiger partial charge in [-0.15, -0.1) is 0 Å². The molecule has 0 bridgehead atoms. The molecule has 3 heteroatoms. The first-order valence-corrected chi connectivity index (χ1v) is 7.24. The highest BCUT2D eigenvalue weighted by Gasteiger charge is 2.24. The molecule has 1 aromatic rings. The zero-order valence-corrected chi connectivity index (χ0v) is 11.5. The number of furan rings is 1. The Morgan fingerprint density at radius 3 is 2.72 bits per heavy atom. The molecule has 0 spiro atoms. The van der Waals surface area contributed by atoms with Gasteiger partial charge in [-0.05, 0) is 51.3 Å². The van der Waals surface area contributed by atoms with Gasteiger partial charge in [0.1, 0.15) is 11.5 Å². The Kier molecular flexibility index (Phi) is 3.44. The normalized spacial score (nSPS) is 20.4. The highest BCUT2D eigenvalue weighted by Crippen LogP contribution is 2.26. The van der Waals surface area contributed by atoms with E-state index in [0.717, 1.165) is 36.7 Å². The third-order valence-electron chi connectivity index (χ3n) is 4.30. The molecule has 2 saturated carbocycles. The van der Waals surface area contributed by atoms with Crippen LogP contribution in [-0.2, 0) is 13.1 Å². The summed E-state index contributed by atoms with van der Waals surface area (Å²) in [6.45, 7) is 4.00. The summed E-state index contributed by atoms with van der Waals surface area (Å²) in [7, 11) is 2.21. The van der Waals surface area contributed by atoms with Gasteiger partial charge in [-0.2, -0.15) is 0 Å². The first-order valence-electron chi connectivity index (χ1n) is 7.24. The van der Waals surface area contributed by atoms with Crippen molar-refractivity contribution in [3.05, 3.63) is 23.2 Å². The van der Waals surface area contributed by atoms with Crippen molar-refractivity contribution in [2.75, 3.05) is 7.05 Å². The van der Waals surface area contributed by atoms with Crippen LogP contribution in [0.4, 0.5) is 0 Å². The molecule has 0 saturated heterocycles. The van der Waals surface area contributed by atoms with E-state index in [1.807, 2.05) is 0 Å². The predicted octanol–water partition coefficient (Wildman–Crippen LogP) is 2.82. The van der Waals surface area contributed by atoms with Crippen molar-refractivity contribution >= 4 is 0 Å². The SMILES string of the molecule is Cc1cc(CN(C)C2CCC2)oc1CNC1CC1. The highest BCUT2D eigenvalue weighted by molar-refractivity contribution is 5.20. The predicted molar refractivity (Wildman–Crippen MR) is 72.4 cm³/mol. The summed E-state index contributed by atoms with van der Waals surface area (Å²) >= 11 is 0. The summed E-state index contributed by atoms with van der Waals surface area (Å²) in [5.41, 5.74) is 1.29. The van der Waals surface area contributed by atoms with Crippen molar-refractivity contribution in [1.82, 2.24) is 10.2 Å². The Morgan fingerprint density at radius 1 is 1.33 bits per heavy atom. The van der Waals surface area contributed by atoms with E-state index in [9.17, 15) is 0 Å². The molecule has 1 aromatic heterocycles. The molecule has 1 N–H and O–H groups in total. The zero-order valence-electron chi connectivity index (χ0n) is 11.5. The monoisotopic (exact) mass is 248 g/mol. The maximum absolute atomic E-state index is 5.98. The molecule has 0 atom stereocenters. The Hall–Kier alpha value is -0.800. The second-order valence-electron chi connectivity index (χ2n) is 5.97. The van der Waals surface area contributed by atoms with Gasteiger partial charge in [0, 0.05) is 12.1 Å². The lowest BCUT2D eigenvalue weighted by Crippen LogP contribution is -2.36. The quantitative estimate of drug-likeness (QED) is 0.839. The standard InChI is InChI=1S/C15H24N2O/c1-11-8-14(10-17(2)13-4-3-5-13)18-15(11)9-16-12-6-7-12/h8,12-13,16H,3-7,9-10H2,1-2H3. The van der Waals surface area contributed by atoms with E-state index in [1.54, 1.807) is 0 Å². The third-order valence-corrected chi connectivity index (χ3v) is 4.30. The summed E-state index contributed by atoms with van der Waals surface area (Å²) in [5, 5.41) is 3.52. The molecule has 0 amide bonds. The number of nitrogens with one attached hydrogen (secondary N) is 1. The van der Waals surface area contributed by atoms with Gasteiger partial charge in [0.15, 0.2) is 0 Å². The van der Waals surface area contributed by atoms with Crippen LogP contribution in [0.25, 0.3) is 0 Å². The Morgan fingerprint density at radius 2 is 2.11 bits per heavy atom. The molecule has 2 fully saturated rings. The Bertz CT molecular complexity index is 405. The minimum atomic E-state index is 0.746. The van der Waals surface area contributed by atoms with Gasteiger partial charge in [0.2, 0.25) is 0 Å². The van der Waals surface area contributed by atoms with Crippen LogP contribution >= 0.6 is 0 Å². The van der Waals surface area contributed by atoms with Crippen LogP contribution in [0.2, 0.25) is 0 Å². The van der Waals surface area contributed by atoms with E-state index in [1.165, 1.54) is 37.7 Å². The van der Waals surface area contributed by atoms with Crippen LogP contribution in [-0.4, -0.2) is 24.0 Å². The van der Waals surface area contributed by atoms with Crippen molar-refractivity contribution < 1.29 is 4.42 Å². The molecule has 2 aliphatic carbocycles. The average Bonchev–Trinajstić information content (AvgIpc) is 2.99. The largest absolute Gasteiger partial charge is 0.463 e. The van der Waals surface area contributed by atoms with E-state index < -0.39 is 0 Å². The van der Waals surface area contributed by atoms with Crippen LogP contribution in [0.15, 0.2) is 10.5 Å². The number of hydrogen-bond acceptors (Lipinski definition) is 3. The zero-order chi connectivity index (χ0) is 12.5. The number of rotatable bonds is 6. The molecule has 3 rings (SSSR count). The molecule has 3 nitrogen and oxygen atoms in total. The Balaban J connectivity index is 1.56. The summed E-state index contributed by atoms with van der Waals surface area (Å²) in [5.74, 6) is 2.24. The molecule has 0 radical (unpaired) electrons. The van der Waals surface area contributed by atoms with Crippen molar-refractivity contribution in [2.24, 2.45) is 0 Å². The van der Waals surface area contributed by atoms with Gasteiger partial charge in [0.05, 0.1) is 13.1 Å². The average molecular weight is 248 g/mol. The lowest BCUT2D eigenvalue weighted by atomic mass is 9.92. The highest BCUT2D eigenvalue weighted by atomic mass is 16.3. The van der Waals surface area contributed by atoms with Crippen molar-refractivity contribution in [3.8, 4) is 0 Å². The molecule has 100 valence electrons. The van der Waals surface area contributed by atoms with E-state index in [2.05, 4.69) is 30.3 Å². The molecule has 18 heavy (non-hydrogen) atoms. The van der Waals surface area contributed by atoms with E-state index >= 15 is 0 Å². The third kappa shape index (κ3) is 2.78. The first kappa shape index (κ1) is 12.2. The molecule has 0 aromatic carbocycles. The fourth-order valence-corrected chi connectivity index (χ4v) is 2.57. The molecule has 0 unspecified atom stereocenters. The van der Waals surface area contributed by atoms with Crippen LogP contribution in [0.3, 0.4) is 0 Å². The fraction of sp³-hybridized carbons (Fsp3) is 0.733. The summed E-state index contributed by atoms with van der Waals surface area (Å²) in [6, 6.07) is 3.73. The maximum Gasteiger partial charge on any atom is 0.120 e. The van der Waals surface area contributed by atoms with Gasteiger partial charge in [-0.25, -0.2) is 0 Å². The maximum atomic E-state index is 5.98. The summed E-state index contributed by atoms with van der Waals surface area (Å²) in [6.07, 6.45) is 6.76. The second-order valence-corrected chi connectivity index (χ2v) is 5.97. The lowest BCUT2D eigenvalue weighted by molar-refractivity contribution is 0.142. The van der Waals surface area contributed by atoms with Crippen LogP contribution < -0.4 is 5.32 Å². The molecule has 0 aliphatic heterocycles. The lowest BCUT2D eigenvalue weighted by Gasteiger charge is -2.34. The van der Waals surface area contributed by atoms with Crippen LogP contribution in [0, 0.1) is 6.92 Å². The van der Waals surface area contributed by atoms with Crippen LogP contribution in [0.5, 0.6) is 0 Å². The molecule has 1 heterocycles. The minimum Gasteiger partial charge on any atom is -0.463 e. The second kappa shape index (κ2) is 5.06. The van der Waals surface area contributed by atoms with Crippen molar-refractivity contribution in [1.29, 1.82) is 0 Å². The Labute approximate surface area is 110 Å². The van der Waals surface area contributed by atoms with Crippen molar-refractivity contribution in [2.45, 2.75) is 64.2 Å². The smallest absolute Gasteiger partial charge is 0.120 e. The van der Waals surface area contributed by atoms with Gasteiger partial charge in [-0.3, -0.25) is 4.90 Å². The fourth-order valence-electron chi connectivity index (χ4n) is 2.57. The van der Waals surface area contributed by atoms with E-state index in [-0.39, 0.29) is 0 Å². The van der Waals surface area contributed by atoms with Gasteiger partial charge >= 0.3 is 0 Å². The number of nitrogens with zero attached hydrogens (tertiary/aromatic N) is 1. The first-order chi connectivity index (χ1) is 8.72. The molecule has 2 aliphatic rings. The molecular weight excluding hydrogens is 224 g/mol. The van der Waals surface area contributed by atoms with Gasteiger partial charge < -0.3 is 9.73 Å². The minimum absolute atomic E-state index is 0.746. The molecular formula is C15H24N2O. The number of aryl methyl sites for hydroxylation is 1. The van der Waals surface area contributed by atoms with E-state index in [0.29, 0.717) is 0 Å². The van der Waals surface area contributed by atoms with Crippen molar-refractivity contribution in [3.63, 3.8) is 0 Å². The topological polar surface area (TPSA) is 28.4 Å².